The quantitative estimate of drug-likeness (QED) is 0.685. The van der Waals surface area contributed by atoms with Gasteiger partial charge in [0.05, 0.1) is 19.8 Å². The van der Waals surface area contributed by atoms with Crippen LogP contribution in [0.1, 0.15) is 19.4 Å². The van der Waals surface area contributed by atoms with E-state index in [0.29, 0.717) is 19.8 Å². The Kier molecular flexibility index (Phi) is 7.22. The summed E-state index contributed by atoms with van der Waals surface area (Å²) in [5, 5.41) is 3.31. The Morgan fingerprint density at radius 2 is 1.89 bits per heavy atom. The highest BCUT2D eigenvalue weighted by molar-refractivity contribution is 5.46. The minimum absolute atomic E-state index is 0.634. The van der Waals surface area contributed by atoms with Crippen LogP contribution in [0.25, 0.3) is 0 Å². The maximum atomic E-state index is 5.68. The second-order valence-corrected chi connectivity index (χ2v) is 3.78. The summed E-state index contributed by atoms with van der Waals surface area (Å²) in [5.41, 5.74) is 1.11. The lowest BCUT2D eigenvalue weighted by Gasteiger charge is -2.15. The third kappa shape index (κ3) is 4.55. The smallest absolute Gasteiger partial charge is 0.165 e. The number of hydrogen-bond donors (Lipinski definition) is 1. The molecule has 0 aliphatic heterocycles. The maximum absolute atomic E-state index is 5.68. The van der Waals surface area contributed by atoms with E-state index < -0.39 is 0 Å². The van der Waals surface area contributed by atoms with Crippen LogP contribution in [0.5, 0.6) is 11.5 Å². The van der Waals surface area contributed by atoms with Crippen molar-refractivity contribution in [1.82, 2.24) is 5.32 Å². The number of ether oxygens (including phenoxy) is 3. The average molecular weight is 253 g/mol. The molecule has 1 N–H and O–H groups in total. The molecule has 0 aromatic heterocycles. The molecule has 0 radical (unpaired) electrons. The van der Waals surface area contributed by atoms with Crippen molar-refractivity contribution in [2.45, 2.75) is 20.4 Å². The molecule has 18 heavy (non-hydrogen) atoms. The summed E-state index contributed by atoms with van der Waals surface area (Å²) in [6, 6.07) is 5.97. The van der Waals surface area contributed by atoms with Gasteiger partial charge in [0, 0.05) is 25.8 Å². The van der Waals surface area contributed by atoms with Crippen LogP contribution >= 0.6 is 0 Å². The lowest BCUT2D eigenvalue weighted by Crippen LogP contribution is -2.19. The third-order valence-electron chi connectivity index (χ3n) is 2.45. The van der Waals surface area contributed by atoms with Crippen molar-refractivity contribution >= 4 is 0 Å². The van der Waals surface area contributed by atoms with Crippen molar-refractivity contribution in [2.24, 2.45) is 0 Å². The van der Waals surface area contributed by atoms with E-state index in [9.17, 15) is 0 Å². The Morgan fingerprint density at radius 1 is 1.11 bits per heavy atom. The van der Waals surface area contributed by atoms with Crippen molar-refractivity contribution in [3.8, 4) is 11.5 Å². The van der Waals surface area contributed by atoms with Gasteiger partial charge >= 0.3 is 0 Å². The molecule has 4 heteroatoms. The highest BCUT2D eigenvalue weighted by atomic mass is 16.5. The summed E-state index contributed by atoms with van der Waals surface area (Å²) >= 11 is 0. The highest BCUT2D eigenvalue weighted by Gasteiger charge is 2.09. The SMILES string of the molecule is CCOc1cccc(CNCCOC)c1OCC. The zero-order valence-electron chi connectivity index (χ0n) is 11.5. The van der Waals surface area contributed by atoms with Gasteiger partial charge in [-0.25, -0.2) is 0 Å². The summed E-state index contributed by atoms with van der Waals surface area (Å²) in [7, 11) is 1.70. The van der Waals surface area contributed by atoms with Crippen LogP contribution in [0, 0.1) is 0 Å². The number of nitrogens with one attached hydrogen (secondary N) is 1. The van der Waals surface area contributed by atoms with Gasteiger partial charge < -0.3 is 19.5 Å². The number of hydrogen-bond acceptors (Lipinski definition) is 4. The number of methoxy groups -OCH3 is 1. The molecule has 0 fully saturated rings. The highest BCUT2D eigenvalue weighted by Crippen LogP contribution is 2.31. The second-order valence-electron chi connectivity index (χ2n) is 3.78. The molecule has 102 valence electrons. The first-order chi connectivity index (χ1) is 8.83. The minimum Gasteiger partial charge on any atom is -0.490 e. The lowest BCUT2D eigenvalue weighted by molar-refractivity contribution is 0.199. The Hall–Kier alpha value is -1.26. The van der Waals surface area contributed by atoms with Gasteiger partial charge in [-0.05, 0) is 19.9 Å². The molecule has 0 heterocycles. The summed E-state index contributed by atoms with van der Waals surface area (Å²) < 4.78 is 16.3. The molecule has 0 bridgehead atoms. The average Bonchev–Trinajstić information content (AvgIpc) is 2.38. The van der Waals surface area contributed by atoms with Gasteiger partial charge in [-0.3, -0.25) is 0 Å². The molecule has 0 spiro atoms. The van der Waals surface area contributed by atoms with Crippen LogP contribution in [-0.2, 0) is 11.3 Å². The standard InChI is InChI=1S/C14H23NO3/c1-4-17-13-8-6-7-12(14(13)18-5-2)11-15-9-10-16-3/h6-8,15H,4-5,9-11H2,1-3H3. The summed E-state index contributed by atoms with van der Waals surface area (Å²) in [4.78, 5) is 0. The second kappa shape index (κ2) is 8.78. The van der Waals surface area contributed by atoms with E-state index in [1.807, 2.05) is 32.0 Å². The van der Waals surface area contributed by atoms with Gasteiger partial charge in [-0.15, -0.1) is 0 Å². The first-order valence-electron chi connectivity index (χ1n) is 6.40. The summed E-state index contributed by atoms with van der Waals surface area (Å²) in [6.45, 7) is 7.50. The van der Waals surface area contributed by atoms with E-state index >= 15 is 0 Å². The van der Waals surface area contributed by atoms with Gasteiger partial charge in [0.1, 0.15) is 0 Å². The van der Waals surface area contributed by atoms with Gasteiger partial charge in [0.15, 0.2) is 11.5 Å². The number of para-hydroxylation sites is 1. The number of rotatable bonds is 9. The lowest BCUT2D eigenvalue weighted by atomic mass is 10.2. The van der Waals surface area contributed by atoms with Crippen LogP contribution in [0.4, 0.5) is 0 Å². The van der Waals surface area contributed by atoms with Crippen molar-refractivity contribution in [2.75, 3.05) is 33.5 Å². The van der Waals surface area contributed by atoms with E-state index in [0.717, 1.165) is 30.2 Å². The number of benzene rings is 1. The van der Waals surface area contributed by atoms with E-state index in [1.165, 1.54) is 0 Å². The molecule has 1 aromatic rings. The van der Waals surface area contributed by atoms with Gasteiger partial charge in [-0.1, -0.05) is 12.1 Å². The van der Waals surface area contributed by atoms with Crippen LogP contribution in [0.2, 0.25) is 0 Å². The fourth-order valence-electron chi connectivity index (χ4n) is 1.68. The van der Waals surface area contributed by atoms with Crippen LogP contribution in [-0.4, -0.2) is 33.5 Å². The fourth-order valence-corrected chi connectivity index (χ4v) is 1.68. The molecule has 0 aliphatic carbocycles. The monoisotopic (exact) mass is 253 g/mol. The van der Waals surface area contributed by atoms with Crippen molar-refractivity contribution in [3.63, 3.8) is 0 Å². The van der Waals surface area contributed by atoms with Gasteiger partial charge in [0.25, 0.3) is 0 Å². The van der Waals surface area contributed by atoms with E-state index in [4.69, 9.17) is 14.2 Å². The normalized spacial score (nSPS) is 10.4. The fraction of sp³-hybridized carbons (Fsp3) is 0.571. The third-order valence-corrected chi connectivity index (χ3v) is 2.45. The van der Waals surface area contributed by atoms with Crippen LogP contribution < -0.4 is 14.8 Å². The summed E-state index contributed by atoms with van der Waals surface area (Å²) in [5.74, 6) is 1.65. The molecule has 0 unspecified atom stereocenters. The van der Waals surface area contributed by atoms with Crippen LogP contribution in [0.15, 0.2) is 18.2 Å². The Labute approximate surface area is 109 Å². The van der Waals surface area contributed by atoms with E-state index in [2.05, 4.69) is 5.32 Å². The van der Waals surface area contributed by atoms with Crippen molar-refractivity contribution in [3.05, 3.63) is 23.8 Å². The Morgan fingerprint density at radius 3 is 2.56 bits per heavy atom. The molecule has 0 saturated heterocycles. The minimum atomic E-state index is 0.634. The first kappa shape index (κ1) is 14.8. The molecule has 0 atom stereocenters. The predicted octanol–water partition coefficient (Wildman–Crippen LogP) is 2.22. The predicted molar refractivity (Wildman–Crippen MR) is 72.4 cm³/mol. The zero-order chi connectivity index (χ0) is 13.2. The van der Waals surface area contributed by atoms with Crippen molar-refractivity contribution < 1.29 is 14.2 Å². The molecule has 0 aliphatic rings. The van der Waals surface area contributed by atoms with E-state index in [1.54, 1.807) is 7.11 Å². The van der Waals surface area contributed by atoms with E-state index in [-0.39, 0.29) is 0 Å². The summed E-state index contributed by atoms with van der Waals surface area (Å²) in [6.07, 6.45) is 0. The molecule has 1 rings (SSSR count). The van der Waals surface area contributed by atoms with Crippen LogP contribution in [0.3, 0.4) is 0 Å². The first-order valence-corrected chi connectivity index (χ1v) is 6.40. The topological polar surface area (TPSA) is 39.7 Å². The molecule has 0 amide bonds. The largest absolute Gasteiger partial charge is 0.490 e. The molecule has 4 nitrogen and oxygen atoms in total. The zero-order valence-corrected chi connectivity index (χ0v) is 11.5. The van der Waals surface area contributed by atoms with Gasteiger partial charge in [0.2, 0.25) is 0 Å². The molecular weight excluding hydrogens is 230 g/mol. The molecular formula is C14H23NO3. The molecule has 1 aromatic carbocycles. The maximum Gasteiger partial charge on any atom is 0.165 e. The van der Waals surface area contributed by atoms with Gasteiger partial charge in [-0.2, -0.15) is 0 Å². The Bertz CT molecular complexity index is 342. The molecule has 0 saturated carbocycles. The van der Waals surface area contributed by atoms with Crippen molar-refractivity contribution in [1.29, 1.82) is 0 Å². The Balaban J connectivity index is 2.71.